The van der Waals surface area contributed by atoms with Crippen molar-refractivity contribution in [2.45, 2.75) is 0 Å². The summed E-state index contributed by atoms with van der Waals surface area (Å²) in [6, 6.07) is 51.1. The number of para-hydroxylation sites is 1. The molecule has 212 valence electrons. The molecule has 4 heteroatoms. The van der Waals surface area contributed by atoms with E-state index in [1.54, 1.807) is 0 Å². The first-order valence-electron chi connectivity index (χ1n) is 14.9. The van der Waals surface area contributed by atoms with Crippen LogP contribution in [0.1, 0.15) is 16.7 Å². The Hall–Kier alpha value is -6.13. The van der Waals surface area contributed by atoms with Crippen LogP contribution in [0, 0.1) is 5.41 Å². The first-order chi connectivity index (χ1) is 22.2. The molecule has 0 spiro atoms. The Kier molecular flexibility index (Phi) is 6.58. The van der Waals surface area contributed by atoms with Crippen molar-refractivity contribution >= 4 is 61.4 Å². The largest absolute Gasteiger partial charge is 0.455 e. The van der Waals surface area contributed by atoms with Gasteiger partial charge in [0.15, 0.2) is 11.7 Å². The van der Waals surface area contributed by atoms with E-state index in [9.17, 15) is 0 Å². The molecule has 0 unspecified atom stereocenters. The maximum absolute atomic E-state index is 8.92. The summed E-state index contributed by atoms with van der Waals surface area (Å²) in [6.45, 7) is 0. The molecular weight excluding hydrogens is 550 g/mol. The van der Waals surface area contributed by atoms with Crippen molar-refractivity contribution in [1.29, 1.82) is 5.41 Å². The van der Waals surface area contributed by atoms with Crippen LogP contribution in [0.5, 0.6) is 0 Å². The van der Waals surface area contributed by atoms with E-state index in [0.717, 1.165) is 60.5 Å². The zero-order chi connectivity index (χ0) is 30.2. The molecule has 1 aromatic heterocycles. The number of rotatable bonds is 4. The fourth-order valence-corrected chi connectivity index (χ4v) is 6.03. The Balaban J connectivity index is 1.18. The van der Waals surface area contributed by atoms with Gasteiger partial charge >= 0.3 is 0 Å². The average Bonchev–Trinajstić information content (AvgIpc) is 3.49. The van der Waals surface area contributed by atoms with E-state index in [4.69, 9.17) is 19.8 Å². The van der Waals surface area contributed by atoms with E-state index in [1.165, 1.54) is 10.8 Å². The Morgan fingerprint density at radius 2 is 1.27 bits per heavy atom. The number of hydrogen-bond acceptors (Lipinski definition) is 2. The second-order valence-electron chi connectivity index (χ2n) is 11.0. The van der Waals surface area contributed by atoms with Crippen molar-refractivity contribution in [3.05, 3.63) is 168 Å². The summed E-state index contributed by atoms with van der Waals surface area (Å²) in [5.74, 6) is 0.612. The summed E-state index contributed by atoms with van der Waals surface area (Å²) in [4.78, 5) is 9.62. The van der Waals surface area contributed by atoms with Gasteiger partial charge in [-0.05, 0) is 39.4 Å². The van der Waals surface area contributed by atoms with Gasteiger partial charge in [-0.3, -0.25) is 5.41 Å². The molecule has 7 aromatic carbocycles. The lowest BCUT2D eigenvalue weighted by Crippen LogP contribution is -2.04. The van der Waals surface area contributed by atoms with Crippen molar-refractivity contribution in [2.75, 3.05) is 0 Å². The number of nitrogens with zero attached hydrogens (tertiary/aromatic N) is 2. The molecule has 1 N–H and O–H groups in total. The molecule has 8 aromatic rings. The number of nitrogens with one attached hydrogen (secondary N) is 1. The summed E-state index contributed by atoms with van der Waals surface area (Å²) in [7, 11) is 0. The molecule has 0 saturated carbocycles. The van der Waals surface area contributed by atoms with Gasteiger partial charge in [0, 0.05) is 39.1 Å². The van der Waals surface area contributed by atoms with E-state index in [0.29, 0.717) is 5.84 Å². The van der Waals surface area contributed by atoms with Gasteiger partial charge in [0.25, 0.3) is 0 Å². The lowest BCUT2D eigenvalue weighted by Gasteiger charge is -2.08. The third kappa shape index (κ3) is 4.89. The SMILES string of the molecule is N=C(N=C(N=Cc1cccc2ccc3c4ccccc4oc3c12)c1ccccc1)c1ccc(-c2cccc3ccccc23)cc1. The van der Waals surface area contributed by atoms with Crippen molar-refractivity contribution in [3.8, 4) is 11.1 Å². The summed E-state index contributed by atoms with van der Waals surface area (Å²) in [6.07, 6.45) is 1.83. The Morgan fingerprint density at radius 3 is 2.13 bits per heavy atom. The van der Waals surface area contributed by atoms with Gasteiger partial charge in [-0.1, -0.05) is 140 Å². The molecule has 0 radical (unpaired) electrons. The standard InChI is InChI=1S/C41H27N3O/c42-40(30-22-20-28(21-23-30)34-18-9-13-27-10-4-5-16-33(27)34)44-41(31-11-2-1-3-12-31)43-26-32-15-8-14-29-24-25-36-35-17-6-7-19-37(35)45-39(36)38(29)32/h1-26,42H. The predicted octanol–water partition coefficient (Wildman–Crippen LogP) is 10.5. The lowest BCUT2D eigenvalue weighted by atomic mass is 9.97. The van der Waals surface area contributed by atoms with Crippen molar-refractivity contribution in [1.82, 2.24) is 0 Å². The third-order valence-corrected chi connectivity index (χ3v) is 8.25. The molecule has 0 atom stereocenters. The molecule has 0 aliphatic heterocycles. The number of fused-ring (bicyclic) bond motifs is 6. The Bertz CT molecular complexity index is 2430. The number of benzene rings is 7. The van der Waals surface area contributed by atoms with Crippen LogP contribution in [0.15, 0.2) is 166 Å². The molecule has 4 nitrogen and oxygen atoms in total. The molecule has 8 rings (SSSR count). The maximum atomic E-state index is 8.92. The van der Waals surface area contributed by atoms with Crippen LogP contribution in [-0.4, -0.2) is 17.9 Å². The number of hydrogen-bond donors (Lipinski definition) is 1. The first kappa shape index (κ1) is 26.5. The van der Waals surface area contributed by atoms with Crippen LogP contribution in [-0.2, 0) is 0 Å². The maximum Gasteiger partial charge on any atom is 0.161 e. The molecule has 0 aliphatic carbocycles. The number of aliphatic imine (C=N–C) groups is 2. The van der Waals surface area contributed by atoms with E-state index in [1.807, 2.05) is 79.0 Å². The van der Waals surface area contributed by atoms with Crippen LogP contribution in [0.3, 0.4) is 0 Å². The van der Waals surface area contributed by atoms with E-state index >= 15 is 0 Å². The fraction of sp³-hybridized carbons (Fsp3) is 0. The minimum Gasteiger partial charge on any atom is -0.455 e. The van der Waals surface area contributed by atoms with Crippen molar-refractivity contribution in [3.63, 3.8) is 0 Å². The van der Waals surface area contributed by atoms with Crippen LogP contribution in [0.4, 0.5) is 0 Å². The van der Waals surface area contributed by atoms with Crippen molar-refractivity contribution in [2.24, 2.45) is 9.98 Å². The monoisotopic (exact) mass is 577 g/mol. The minimum atomic E-state index is 0.146. The smallest absolute Gasteiger partial charge is 0.161 e. The van der Waals surface area contributed by atoms with Gasteiger partial charge in [0.2, 0.25) is 0 Å². The second kappa shape index (κ2) is 11.2. The van der Waals surface area contributed by atoms with E-state index < -0.39 is 0 Å². The van der Waals surface area contributed by atoms with Gasteiger partial charge in [-0.2, -0.15) is 0 Å². The first-order valence-corrected chi connectivity index (χ1v) is 14.9. The molecule has 45 heavy (non-hydrogen) atoms. The molecule has 0 aliphatic rings. The Morgan fingerprint density at radius 1 is 0.556 bits per heavy atom. The van der Waals surface area contributed by atoms with Gasteiger partial charge in [-0.25, -0.2) is 9.98 Å². The molecule has 0 fully saturated rings. The molecule has 0 amide bonds. The molecule has 0 saturated heterocycles. The highest BCUT2D eigenvalue weighted by Crippen LogP contribution is 2.35. The van der Waals surface area contributed by atoms with Gasteiger partial charge in [-0.15, -0.1) is 0 Å². The highest BCUT2D eigenvalue weighted by atomic mass is 16.3. The van der Waals surface area contributed by atoms with Gasteiger partial charge in [0.05, 0.1) is 0 Å². The minimum absolute atomic E-state index is 0.146. The van der Waals surface area contributed by atoms with Crippen LogP contribution in [0.25, 0.3) is 54.6 Å². The van der Waals surface area contributed by atoms with Gasteiger partial charge < -0.3 is 4.42 Å². The zero-order valence-corrected chi connectivity index (χ0v) is 24.3. The summed E-state index contributed by atoms with van der Waals surface area (Å²) < 4.78 is 6.36. The highest BCUT2D eigenvalue weighted by Gasteiger charge is 2.13. The quantitative estimate of drug-likeness (QED) is 0.164. The van der Waals surface area contributed by atoms with E-state index in [-0.39, 0.29) is 5.84 Å². The zero-order valence-electron chi connectivity index (χ0n) is 24.3. The van der Waals surface area contributed by atoms with Crippen molar-refractivity contribution < 1.29 is 4.42 Å². The molecule has 1 heterocycles. The van der Waals surface area contributed by atoms with Crippen LogP contribution in [0.2, 0.25) is 0 Å². The summed E-state index contributed by atoms with van der Waals surface area (Å²) in [5, 5.41) is 15.6. The van der Waals surface area contributed by atoms with Gasteiger partial charge in [0.1, 0.15) is 11.2 Å². The summed E-state index contributed by atoms with van der Waals surface area (Å²) in [5.41, 5.74) is 6.44. The number of amidine groups is 2. The van der Waals surface area contributed by atoms with Crippen LogP contribution < -0.4 is 0 Å². The lowest BCUT2D eigenvalue weighted by molar-refractivity contribution is 0.672. The van der Waals surface area contributed by atoms with Crippen LogP contribution >= 0.6 is 0 Å². The second-order valence-corrected chi connectivity index (χ2v) is 11.0. The summed E-state index contributed by atoms with van der Waals surface area (Å²) >= 11 is 0. The third-order valence-electron chi connectivity index (χ3n) is 8.25. The molecule has 0 bridgehead atoms. The normalized spacial score (nSPS) is 12.1. The highest BCUT2D eigenvalue weighted by molar-refractivity contribution is 6.20. The predicted molar refractivity (Wildman–Crippen MR) is 188 cm³/mol. The molecular formula is C41H27N3O. The topological polar surface area (TPSA) is 61.7 Å². The van der Waals surface area contributed by atoms with E-state index in [2.05, 4.69) is 78.9 Å². The average molecular weight is 578 g/mol. The fourth-order valence-electron chi connectivity index (χ4n) is 6.03. The Labute approximate surface area is 260 Å². The number of furan rings is 1.